The lowest BCUT2D eigenvalue weighted by atomic mass is 10.9. The summed E-state index contributed by atoms with van der Waals surface area (Å²) in [6.45, 7) is 0. The maximum atomic E-state index is 4.00. The summed E-state index contributed by atoms with van der Waals surface area (Å²) in [5.41, 5.74) is 4.52. The molecule has 0 aliphatic heterocycles. The minimum absolute atomic E-state index is 0.889. The predicted molar refractivity (Wildman–Crippen MR) is 35.3 cm³/mol. The third-order valence-corrected chi connectivity index (χ3v) is 2.64. The number of nitrogens with zero attached hydrogens (tertiary/aromatic N) is 2. The Morgan fingerprint density at radius 1 is 1.12 bits per heavy atom. The van der Waals surface area contributed by atoms with Gasteiger partial charge in [-0.25, -0.2) is 9.97 Å². The van der Waals surface area contributed by atoms with Gasteiger partial charge in [0.2, 0.25) is 0 Å². The summed E-state index contributed by atoms with van der Waals surface area (Å²) in [5.74, 6) is 0. The first-order chi connectivity index (χ1) is 3.97. The second kappa shape index (κ2) is 1.50. The van der Waals surface area contributed by atoms with Gasteiger partial charge in [-0.3, -0.25) is 0 Å². The summed E-state index contributed by atoms with van der Waals surface area (Å²) in [4.78, 5) is 7.99. The van der Waals surface area contributed by atoms with Crippen molar-refractivity contribution in [3.05, 3.63) is 11.0 Å². The summed E-state index contributed by atoms with van der Waals surface area (Å²) < 4.78 is 1.21. The number of hydrogen-bond acceptors (Lipinski definition) is 4. The third kappa shape index (κ3) is 0.468. The lowest BCUT2D eigenvalue weighted by molar-refractivity contribution is 1.37. The molecule has 0 bridgehead atoms. The lowest BCUT2D eigenvalue weighted by Gasteiger charge is -1.60. The van der Waals surface area contributed by atoms with Gasteiger partial charge < -0.3 is 0 Å². The molecular weight excluding hydrogens is 140 g/mol. The molecule has 2 rings (SSSR count). The van der Waals surface area contributed by atoms with E-state index in [0.717, 1.165) is 5.65 Å². The minimum Gasteiger partial charge on any atom is -0.224 e. The lowest BCUT2D eigenvalue weighted by Crippen LogP contribution is -1.58. The van der Waals surface area contributed by atoms with Gasteiger partial charge in [0, 0.05) is 0 Å². The van der Waals surface area contributed by atoms with Gasteiger partial charge in [0.1, 0.15) is 4.01 Å². The summed E-state index contributed by atoms with van der Waals surface area (Å²) in [6, 6.07) is 0. The molecule has 0 N–H and O–H groups in total. The fourth-order valence-electron chi connectivity index (χ4n) is 0.520. The smallest absolute Gasteiger partial charge is 0.181 e. The van der Waals surface area contributed by atoms with Crippen LogP contribution in [0.5, 0.6) is 0 Å². The molecule has 0 fully saturated rings. The first-order valence-electron chi connectivity index (χ1n) is 2.09. The van der Waals surface area contributed by atoms with E-state index in [1.165, 1.54) is 4.01 Å². The van der Waals surface area contributed by atoms with Crippen LogP contribution in [-0.4, -0.2) is 9.97 Å². The molecule has 0 radical (unpaired) electrons. The zero-order chi connectivity index (χ0) is 5.40. The molecule has 0 saturated carbocycles. The van der Waals surface area contributed by atoms with E-state index in [4.69, 9.17) is 0 Å². The average molecular weight is 142 g/mol. The molecule has 2 nitrogen and oxygen atoms in total. The zero-order valence-electron chi connectivity index (χ0n) is 3.87. The largest absolute Gasteiger partial charge is 0.224 e. The van der Waals surface area contributed by atoms with Gasteiger partial charge in [0.05, 0.1) is 11.0 Å². The highest BCUT2D eigenvalue weighted by Gasteiger charge is 1.94. The molecule has 0 atom stereocenters. The first kappa shape index (κ1) is 4.40. The van der Waals surface area contributed by atoms with Gasteiger partial charge >= 0.3 is 0 Å². The highest BCUT2D eigenvalue weighted by molar-refractivity contribution is 7.36. The molecule has 0 aromatic carbocycles. The van der Waals surface area contributed by atoms with Gasteiger partial charge in [-0.2, -0.15) is 0 Å². The van der Waals surface area contributed by atoms with E-state index in [-0.39, 0.29) is 0 Å². The maximum absolute atomic E-state index is 4.00. The number of aromatic nitrogens is 2. The van der Waals surface area contributed by atoms with Crippen LogP contribution < -0.4 is 0 Å². The van der Waals surface area contributed by atoms with Crippen molar-refractivity contribution in [1.82, 2.24) is 9.97 Å². The van der Waals surface area contributed by atoms with Crippen molar-refractivity contribution in [2.75, 3.05) is 0 Å². The first-order valence-corrected chi connectivity index (χ1v) is 3.85. The Morgan fingerprint density at radius 3 is 2.25 bits per heavy atom. The van der Waals surface area contributed by atoms with Gasteiger partial charge in [-0.1, -0.05) is 0 Å². The van der Waals surface area contributed by atoms with Crippen LogP contribution in [0.25, 0.3) is 9.66 Å². The number of thiazole rings is 2. The second-order valence-corrected chi connectivity index (χ2v) is 3.28. The Bertz CT molecular complexity index is 233. The van der Waals surface area contributed by atoms with Crippen molar-refractivity contribution in [1.29, 1.82) is 0 Å². The SMILES string of the molecule is c1nc2ncsc2s1. The quantitative estimate of drug-likeness (QED) is 0.560. The van der Waals surface area contributed by atoms with Crippen molar-refractivity contribution in [3.63, 3.8) is 0 Å². The normalized spacial score (nSPS) is 10.5. The topological polar surface area (TPSA) is 25.8 Å². The Kier molecular flexibility index (Phi) is 0.824. The minimum atomic E-state index is 0.889. The Hall–Kier alpha value is -0.480. The van der Waals surface area contributed by atoms with E-state index in [2.05, 4.69) is 9.97 Å². The van der Waals surface area contributed by atoms with Gasteiger partial charge in [0.25, 0.3) is 0 Å². The van der Waals surface area contributed by atoms with Gasteiger partial charge in [-0.05, 0) is 0 Å². The molecule has 2 aromatic rings. The second-order valence-electron chi connectivity index (χ2n) is 1.32. The fraction of sp³-hybridized carbons (Fsp3) is 0. The van der Waals surface area contributed by atoms with Crippen LogP contribution in [0.3, 0.4) is 0 Å². The van der Waals surface area contributed by atoms with Crippen LogP contribution in [0.2, 0.25) is 0 Å². The standard InChI is InChI=1S/C4H2N2S2/c1-5-3-4(7-1)8-2-6-3/h1-2H. The van der Waals surface area contributed by atoms with Crippen LogP contribution >= 0.6 is 22.7 Å². The van der Waals surface area contributed by atoms with E-state index in [1.54, 1.807) is 22.7 Å². The average Bonchev–Trinajstić information content (AvgIpc) is 2.15. The number of fused-ring (bicyclic) bond motifs is 1. The molecule has 0 unspecified atom stereocenters. The molecule has 2 aromatic heterocycles. The molecule has 0 saturated heterocycles. The van der Waals surface area contributed by atoms with Crippen molar-refractivity contribution in [2.45, 2.75) is 0 Å². The van der Waals surface area contributed by atoms with E-state index in [0.29, 0.717) is 0 Å². The third-order valence-electron chi connectivity index (χ3n) is 0.852. The van der Waals surface area contributed by atoms with Gasteiger partial charge in [-0.15, -0.1) is 22.7 Å². The van der Waals surface area contributed by atoms with Crippen LogP contribution in [-0.2, 0) is 0 Å². The molecule has 40 valence electrons. The molecule has 4 heteroatoms. The summed E-state index contributed by atoms with van der Waals surface area (Å²) in [6.07, 6.45) is 0. The number of hydrogen-bond donors (Lipinski definition) is 0. The molecular formula is C4H2N2S2. The van der Waals surface area contributed by atoms with E-state index >= 15 is 0 Å². The Balaban J connectivity index is 3.06. The van der Waals surface area contributed by atoms with Crippen molar-refractivity contribution in [3.8, 4) is 0 Å². The summed E-state index contributed by atoms with van der Waals surface area (Å²) in [5, 5.41) is 0. The molecule has 8 heavy (non-hydrogen) atoms. The molecule has 0 aliphatic rings. The van der Waals surface area contributed by atoms with E-state index < -0.39 is 0 Å². The summed E-state index contributed by atoms with van der Waals surface area (Å²) in [7, 11) is 0. The number of rotatable bonds is 0. The molecule has 0 amide bonds. The zero-order valence-corrected chi connectivity index (χ0v) is 5.50. The Morgan fingerprint density at radius 2 is 1.75 bits per heavy atom. The van der Waals surface area contributed by atoms with Crippen molar-refractivity contribution in [2.24, 2.45) is 0 Å². The van der Waals surface area contributed by atoms with E-state index in [9.17, 15) is 0 Å². The highest BCUT2D eigenvalue weighted by Crippen LogP contribution is 2.19. The van der Waals surface area contributed by atoms with Crippen LogP contribution in [0.1, 0.15) is 0 Å². The Labute approximate surface area is 53.8 Å². The molecule has 0 spiro atoms. The molecule has 2 heterocycles. The van der Waals surface area contributed by atoms with Crippen molar-refractivity contribution < 1.29 is 0 Å². The monoisotopic (exact) mass is 142 g/mol. The predicted octanol–water partition coefficient (Wildman–Crippen LogP) is 1.75. The molecule has 0 aliphatic carbocycles. The van der Waals surface area contributed by atoms with Gasteiger partial charge in [0.15, 0.2) is 5.65 Å². The van der Waals surface area contributed by atoms with E-state index in [1.807, 2.05) is 11.0 Å². The van der Waals surface area contributed by atoms with Crippen LogP contribution in [0.4, 0.5) is 0 Å². The highest BCUT2D eigenvalue weighted by atomic mass is 32.2. The van der Waals surface area contributed by atoms with Crippen LogP contribution in [0.15, 0.2) is 11.0 Å². The summed E-state index contributed by atoms with van der Waals surface area (Å²) >= 11 is 3.28. The maximum Gasteiger partial charge on any atom is 0.181 e. The van der Waals surface area contributed by atoms with Crippen molar-refractivity contribution >= 4 is 32.3 Å². The fourth-order valence-corrected chi connectivity index (χ4v) is 1.92. The van der Waals surface area contributed by atoms with Crippen LogP contribution in [0, 0.1) is 0 Å².